The van der Waals surface area contributed by atoms with Crippen molar-refractivity contribution < 1.29 is 8.42 Å². The van der Waals surface area contributed by atoms with Crippen molar-refractivity contribution in [2.24, 2.45) is 0 Å². The smallest absolute Gasteiger partial charge is 0.252 e. The molecule has 0 radical (unpaired) electrons. The van der Waals surface area contributed by atoms with Crippen LogP contribution in [-0.2, 0) is 10.0 Å². The monoisotopic (exact) mass is 388 g/mol. The molecule has 1 aliphatic heterocycles. The predicted octanol–water partition coefficient (Wildman–Crippen LogP) is 3.29. The molecule has 1 fully saturated rings. The molecule has 0 saturated carbocycles. The van der Waals surface area contributed by atoms with E-state index in [0.29, 0.717) is 28.9 Å². The van der Waals surface area contributed by atoms with Crippen molar-refractivity contribution in [1.29, 1.82) is 0 Å². The lowest BCUT2D eigenvalue weighted by Gasteiger charge is -2.30. The molecule has 0 bridgehead atoms. The molecule has 136 valence electrons. The summed E-state index contributed by atoms with van der Waals surface area (Å²) in [4.78, 5) is 0.927. The van der Waals surface area contributed by atoms with Gasteiger partial charge in [0.1, 0.15) is 4.21 Å². The summed E-state index contributed by atoms with van der Waals surface area (Å²) < 4.78 is 27.9. The highest BCUT2D eigenvalue weighted by Gasteiger charge is 2.31. The van der Waals surface area contributed by atoms with Crippen LogP contribution in [0.15, 0.2) is 52.9 Å². The van der Waals surface area contributed by atoms with Gasteiger partial charge in [0.15, 0.2) is 0 Å². The standard InChI is InChI=1S/C18H20N4O2S2/c19-15-3-1-14(2-4-15)17-5-6-18(25-17)26(23,24)22-11-8-13(9-12-22)16-7-10-20-21-16/h1-7,10,13H,8-9,11-12,19H2,(H,20,21). The highest BCUT2D eigenvalue weighted by molar-refractivity contribution is 7.91. The van der Waals surface area contributed by atoms with E-state index >= 15 is 0 Å². The highest BCUT2D eigenvalue weighted by Crippen LogP contribution is 2.35. The normalized spacial score (nSPS) is 16.8. The second-order valence-corrected chi connectivity index (χ2v) is 9.68. The van der Waals surface area contributed by atoms with Crippen LogP contribution in [0.5, 0.6) is 0 Å². The van der Waals surface area contributed by atoms with E-state index in [0.717, 1.165) is 29.0 Å². The fourth-order valence-corrected chi connectivity index (χ4v) is 6.23. The second kappa shape index (κ2) is 6.86. The number of nitrogens with zero attached hydrogens (tertiary/aromatic N) is 2. The Morgan fingerprint density at radius 3 is 2.46 bits per heavy atom. The first-order valence-corrected chi connectivity index (χ1v) is 10.7. The molecule has 8 heteroatoms. The Morgan fingerprint density at radius 1 is 1.08 bits per heavy atom. The van der Waals surface area contributed by atoms with E-state index in [1.807, 2.05) is 36.4 Å². The molecule has 1 saturated heterocycles. The summed E-state index contributed by atoms with van der Waals surface area (Å²) >= 11 is 1.30. The Bertz CT molecular complexity index is 971. The third-order valence-corrected chi connectivity index (χ3v) is 8.29. The van der Waals surface area contributed by atoms with E-state index in [1.165, 1.54) is 11.3 Å². The SMILES string of the molecule is Nc1ccc(-c2ccc(S(=O)(=O)N3CCC(c4ccn[nH]4)CC3)s2)cc1. The number of sulfonamides is 1. The lowest BCUT2D eigenvalue weighted by atomic mass is 9.95. The number of rotatable bonds is 4. The molecule has 4 rings (SSSR count). The Kier molecular flexibility index (Phi) is 4.56. The maximum atomic E-state index is 13.0. The number of anilines is 1. The summed E-state index contributed by atoms with van der Waals surface area (Å²) in [5.74, 6) is 0.345. The van der Waals surface area contributed by atoms with Gasteiger partial charge >= 0.3 is 0 Å². The molecule has 0 aliphatic carbocycles. The molecule has 0 spiro atoms. The van der Waals surface area contributed by atoms with Crippen molar-refractivity contribution in [1.82, 2.24) is 14.5 Å². The number of nitrogens with one attached hydrogen (secondary N) is 1. The summed E-state index contributed by atoms with van der Waals surface area (Å²) in [5, 5.41) is 6.98. The van der Waals surface area contributed by atoms with E-state index in [1.54, 1.807) is 16.6 Å². The maximum absolute atomic E-state index is 13.0. The molecule has 0 unspecified atom stereocenters. The molecule has 2 aromatic heterocycles. The summed E-state index contributed by atoms with van der Waals surface area (Å²) in [6.07, 6.45) is 3.35. The van der Waals surface area contributed by atoms with Gasteiger partial charge in [-0.15, -0.1) is 11.3 Å². The van der Waals surface area contributed by atoms with Gasteiger partial charge in [-0.1, -0.05) is 12.1 Å². The van der Waals surface area contributed by atoms with Gasteiger partial charge < -0.3 is 5.73 Å². The van der Waals surface area contributed by atoms with Crippen molar-refractivity contribution >= 4 is 27.0 Å². The molecule has 3 N–H and O–H groups in total. The van der Waals surface area contributed by atoms with Crippen LogP contribution < -0.4 is 5.73 Å². The Hall–Kier alpha value is -2.16. The summed E-state index contributed by atoms with van der Waals surface area (Å²) in [6.45, 7) is 1.06. The maximum Gasteiger partial charge on any atom is 0.252 e. The van der Waals surface area contributed by atoms with Gasteiger partial charge in [0, 0.05) is 41.5 Å². The van der Waals surface area contributed by atoms with Gasteiger partial charge in [-0.05, 0) is 48.7 Å². The summed E-state index contributed by atoms with van der Waals surface area (Å²) in [5.41, 5.74) is 8.47. The molecule has 26 heavy (non-hydrogen) atoms. The highest BCUT2D eigenvalue weighted by atomic mass is 32.2. The topological polar surface area (TPSA) is 92.1 Å². The van der Waals surface area contributed by atoms with Gasteiger partial charge in [-0.2, -0.15) is 9.40 Å². The number of hydrogen-bond acceptors (Lipinski definition) is 5. The van der Waals surface area contributed by atoms with Crippen molar-refractivity contribution in [2.75, 3.05) is 18.8 Å². The zero-order chi connectivity index (χ0) is 18.1. The third-order valence-electron chi connectivity index (χ3n) is 4.79. The number of nitrogens with two attached hydrogens (primary N) is 1. The fourth-order valence-electron chi connectivity index (χ4n) is 3.29. The van der Waals surface area contributed by atoms with Crippen LogP contribution in [0.4, 0.5) is 5.69 Å². The summed E-state index contributed by atoms with van der Waals surface area (Å²) in [6, 6.07) is 13.0. The van der Waals surface area contributed by atoms with Gasteiger partial charge in [-0.25, -0.2) is 8.42 Å². The van der Waals surface area contributed by atoms with E-state index in [2.05, 4.69) is 10.2 Å². The number of aromatic nitrogens is 2. The average Bonchev–Trinajstić information content (AvgIpc) is 3.35. The van der Waals surface area contributed by atoms with Gasteiger partial charge in [0.25, 0.3) is 10.0 Å². The minimum Gasteiger partial charge on any atom is -0.399 e. The summed E-state index contributed by atoms with van der Waals surface area (Å²) in [7, 11) is -3.45. The van der Waals surface area contributed by atoms with Crippen molar-refractivity contribution in [3.05, 3.63) is 54.4 Å². The number of H-pyrrole nitrogens is 1. The average molecular weight is 389 g/mol. The number of piperidine rings is 1. The molecular formula is C18H20N4O2S2. The molecule has 1 aromatic carbocycles. The minimum absolute atomic E-state index is 0.345. The fraction of sp³-hybridized carbons (Fsp3) is 0.278. The predicted molar refractivity (Wildman–Crippen MR) is 103 cm³/mol. The number of nitrogen functional groups attached to an aromatic ring is 1. The number of hydrogen-bond donors (Lipinski definition) is 2. The van der Waals surface area contributed by atoms with Gasteiger partial charge in [0.05, 0.1) is 0 Å². The molecule has 3 aromatic rings. The second-order valence-electron chi connectivity index (χ2n) is 6.43. The van der Waals surface area contributed by atoms with Crippen LogP contribution in [0.3, 0.4) is 0 Å². The van der Waals surface area contributed by atoms with E-state index in [9.17, 15) is 8.42 Å². The van der Waals surface area contributed by atoms with Crippen LogP contribution in [-0.4, -0.2) is 36.0 Å². The lowest BCUT2D eigenvalue weighted by Crippen LogP contribution is -2.37. The van der Waals surface area contributed by atoms with Crippen LogP contribution in [0.25, 0.3) is 10.4 Å². The van der Waals surface area contributed by atoms with Crippen molar-refractivity contribution in [2.45, 2.75) is 23.0 Å². The third kappa shape index (κ3) is 3.27. The van der Waals surface area contributed by atoms with Crippen LogP contribution in [0.1, 0.15) is 24.5 Å². The molecular weight excluding hydrogens is 368 g/mol. The number of benzene rings is 1. The van der Waals surface area contributed by atoms with E-state index < -0.39 is 10.0 Å². The van der Waals surface area contributed by atoms with Gasteiger partial charge in [-0.3, -0.25) is 5.10 Å². The molecule has 0 amide bonds. The minimum atomic E-state index is -3.45. The van der Waals surface area contributed by atoms with E-state index in [-0.39, 0.29) is 0 Å². The van der Waals surface area contributed by atoms with E-state index in [4.69, 9.17) is 5.73 Å². The quantitative estimate of drug-likeness (QED) is 0.671. The van der Waals surface area contributed by atoms with Crippen molar-refractivity contribution in [3.63, 3.8) is 0 Å². The van der Waals surface area contributed by atoms with Crippen LogP contribution in [0.2, 0.25) is 0 Å². The lowest BCUT2D eigenvalue weighted by molar-refractivity contribution is 0.317. The Morgan fingerprint density at radius 2 is 1.81 bits per heavy atom. The molecule has 0 atom stereocenters. The first-order chi connectivity index (χ1) is 12.5. The molecule has 3 heterocycles. The first-order valence-electron chi connectivity index (χ1n) is 8.49. The zero-order valence-corrected chi connectivity index (χ0v) is 15.8. The number of thiophene rings is 1. The molecule has 6 nitrogen and oxygen atoms in total. The Labute approximate surface area is 156 Å². The van der Waals surface area contributed by atoms with Crippen molar-refractivity contribution in [3.8, 4) is 10.4 Å². The largest absolute Gasteiger partial charge is 0.399 e. The zero-order valence-electron chi connectivity index (χ0n) is 14.1. The number of aromatic amines is 1. The molecule has 1 aliphatic rings. The first kappa shape index (κ1) is 17.3. The van der Waals surface area contributed by atoms with Crippen LogP contribution in [0, 0.1) is 0 Å². The van der Waals surface area contributed by atoms with Gasteiger partial charge in [0.2, 0.25) is 0 Å². The Balaban J connectivity index is 1.50. The van der Waals surface area contributed by atoms with Crippen LogP contribution >= 0.6 is 11.3 Å².